The highest BCUT2D eigenvalue weighted by atomic mass is 32.2. The zero-order chi connectivity index (χ0) is 26.3. The zero-order valence-corrected chi connectivity index (χ0v) is 20.9. The van der Waals surface area contributed by atoms with Crippen molar-refractivity contribution in [2.75, 3.05) is 18.6 Å². The summed E-state index contributed by atoms with van der Waals surface area (Å²) in [5, 5.41) is 25.9. The third kappa shape index (κ3) is 12.2. The van der Waals surface area contributed by atoms with Gasteiger partial charge in [0.05, 0.1) is 12.5 Å². The van der Waals surface area contributed by atoms with Crippen molar-refractivity contribution in [3.63, 3.8) is 0 Å². The van der Waals surface area contributed by atoms with E-state index < -0.39 is 60.2 Å². The molecule has 0 rings (SSSR count). The van der Waals surface area contributed by atoms with Crippen molar-refractivity contribution in [2.24, 2.45) is 17.4 Å². The molecule has 0 aliphatic heterocycles. The maximum Gasteiger partial charge on any atom is 0.326 e. The maximum absolute atomic E-state index is 13.0. The van der Waals surface area contributed by atoms with Crippen molar-refractivity contribution in [3.05, 3.63) is 0 Å². The molecule has 5 unspecified atom stereocenters. The number of aliphatic carboxylic acids is 2. The lowest BCUT2D eigenvalue weighted by atomic mass is 9.98. The molecular formula is C21H39N5O7S. The fourth-order valence-corrected chi connectivity index (χ4v) is 3.51. The van der Waals surface area contributed by atoms with E-state index in [1.165, 1.54) is 11.8 Å². The molecule has 12 nitrogen and oxygen atoms in total. The van der Waals surface area contributed by atoms with Crippen molar-refractivity contribution in [3.8, 4) is 0 Å². The van der Waals surface area contributed by atoms with Gasteiger partial charge in [0.1, 0.15) is 18.1 Å². The molecule has 0 bridgehead atoms. The van der Waals surface area contributed by atoms with E-state index in [1.54, 1.807) is 6.92 Å². The van der Waals surface area contributed by atoms with E-state index >= 15 is 0 Å². The van der Waals surface area contributed by atoms with E-state index in [2.05, 4.69) is 16.0 Å². The summed E-state index contributed by atoms with van der Waals surface area (Å²) in [7, 11) is 0. The molecule has 13 heteroatoms. The van der Waals surface area contributed by atoms with Crippen LogP contribution in [0.4, 0.5) is 0 Å². The zero-order valence-electron chi connectivity index (χ0n) is 20.0. The monoisotopic (exact) mass is 505 g/mol. The van der Waals surface area contributed by atoms with Crippen molar-refractivity contribution in [1.82, 2.24) is 16.0 Å². The van der Waals surface area contributed by atoms with E-state index in [4.69, 9.17) is 16.6 Å². The summed E-state index contributed by atoms with van der Waals surface area (Å²) < 4.78 is 0. The summed E-state index contributed by atoms with van der Waals surface area (Å²) >= 11 is 1.45. The maximum atomic E-state index is 13.0. The van der Waals surface area contributed by atoms with E-state index in [1.807, 2.05) is 13.2 Å². The molecule has 0 radical (unpaired) electrons. The summed E-state index contributed by atoms with van der Waals surface area (Å²) in [6.45, 7) is 3.90. The number of amides is 3. The predicted octanol–water partition coefficient (Wildman–Crippen LogP) is -0.744. The Hall–Kier alpha value is -2.38. The summed E-state index contributed by atoms with van der Waals surface area (Å²) in [6.07, 6.45) is 3.30. The van der Waals surface area contributed by atoms with E-state index in [9.17, 15) is 29.1 Å². The van der Waals surface area contributed by atoms with Gasteiger partial charge >= 0.3 is 11.9 Å². The molecule has 0 aromatic heterocycles. The SMILES string of the molecule is CCC(C)C(NC(=O)C(CCSC)NC(=O)C(CCCCN)NC(=O)C(N)CC(=O)O)C(=O)O. The second kappa shape index (κ2) is 17.1. The number of hydrogen-bond acceptors (Lipinski definition) is 8. The summed E-state index contributed by atoms with van der Waals surface area (Å²) in [5.41, 5.74) is 11.1. The molecule has 0 heterocycles. The van der Waals surface area contributed by atoms with Crippen LogP contribution in [0.15, 0.2) is 0 Å². The van der Waals surface area contributed by atoms with Gasteiger partial charge in [-0.1, -0.05) is 20.3 Å². The van der Waals surface area contributed by atoms with Crippen LogP contribution in [0.3, 0.4) is 0 Å². The molecule has 0 saturated heterocycles. The molecule has 34 heavy (non-hydrogen) atoms. The van der Waals surface area contributed by atoms with Gasteiger partial charge in [-0.25, -0.2) is 4.79 Å². The minimum atomic E-state index is -1.34. The second-order valence-electron chi connectivity index (χ2n) is 8.10. The Morgan fingerprint density at radius 3 is 1.97 bits per heavy atom. The molecule has 0 aromatic rings. The van der Waals surface area contributed by atoms with Crippen LogP contribution >= 0.6 is 11.8 Å². The number of carboxylic acids is 2. The quantitative estimate of drug-likeness (QED) is 0.116. The fraction of sp³-hybridized carbons (Fsp3) is 0.762. The summed E-state index contributed by atoms with van der Waals surface area (Å²) in [5.74, 6) is -4.31. The highest BCUT2D eigenvalue weighted by molar-refractivity contribution is 7.98. The van der Waals surface area contributed by atoms with Gasteiger partial charge in [0.15, 0.2) is 0 Å². The lowest BCUT2D eigenvalue weighted by molar-refractivity contribution is -0.143. The average Bonchev–Trinajstić information content (AvgIpc) is 2.77. The van der Waals surface area contributed by atoms with Crippen molar-refractivity contribution in [2.45, 2.75) is 76.5 Å². The largest absolute Gasteiger partial charge is 0.481 e. The Kier molecular flexibility index (Phi) is 15.9. The van der Waals surface area contributed by atoms with E-state index in [0.717, 1.165) is 0 Å². The Morgan fingerprint density at radius 1 is 0.912 bits per heavy atom. The van der Waals surface area contributed by atoms with Crippen LogP contribution in [-0.4, -0.2) is 82.6 Å². The van der Waals surface area contributed by atoms with Gasteiger partial charge in [0.2, 0.25) is 17.7 Å². The lowest BCUT2D eigenvalue weighted by Gasteiger charge is -2.26. The first-order valence-electron chi connectivity index (χ1n) is 11.3. The van der Waals surface area contributed by atoms with Gasteiger partial charge in [0.25, 0.3) is 0 Å². The van der Waals surface area contributed by atoms with Crippen LogP contribution in [0.2, 0.25) is 0 Å². The summed E-state index contributed by atoms with van der Waals surface area (Å²) in [4.78, 5) is 60.6. The normalized spacial score (nSPS) is 15.3. The van der Waals surface area contributed by atoms with E-state index in [0.29, 0.717) is 31.6 Å². The van der Waals surface area contributed by atoms with Crippen LogP contribution in [-0.2, 0) is 24.0 Å². The Bertz CT molecular complexity index is 694. The number of nitrogens with one attached hydrogen (secondary N) is 3. The number of hydrogen-bond donors (Lipinski definition) is 7. The van der Waals surface area contributed by atoms with Crippen molar-refractivity contribution in [1.29, 1.82) is 0 Å². The minimum Gasteiger partial charge on any atom is -0.481 e. The third-order valence-electron chi connectivity index (χ3n) is 5.33. The minimum absolute atomic E-state index is 0.204. The van der Waals surface area contributed by atoms with Gasteiger partial charge in [-0.15, -0.1) is 0 Å². The molecule has 0 aromatic carbocycles. The molecule has 9 N–H and O–H groups in total. The smallest absolute Gasteiger partial charge is 0.326 e. The summed E-state index contributed by atoms with van der Waals surface area (Å²) in [6, 6.07) is -4.54. The Balaban J connectivity index is 5.51. The third-order valence-corrected chi connectivity index (χ3v) is 5.98. The number of unbranched alkanes of at least 4 members (excludes halogenated alkanes) is 1. The number of thioether (sulfide) groups is 1. The highest BCUT2D eigenvalue weighted by Crippen LogP contribution is 2.10. The first kappa shape index (κ1) is 31.6. The van der Waals surface area contributed by atoms with Crippen LogP contribution in [0.5, 0.6) is 0 Å². The molecule has 5 atom stereocenters. The Labute approximate surface area is 204 Å². The first-order valence-corrected chi connectivity index (χ1v) is 12.7. The number of nitrogens with two attached hydrogens (primary N) is 2. The molecule has 0 fully saturated rings. The second-order valence-corrected chi connectivity index (χ2v) is 9.09. The van der Waals surface area contributed by atoms with Gasteiger partial charge in [-0.3, -0.25) is 19.2 Å². The number of carboxylic acid groups (broad SMARTS) is 2. The Morgan fingerprint density at radius 2 is 1.47 bits per heavy atom. The number of rotatable bonds is 18. The van der Waals surface area contributed by atoms with Crippen molar-refractivity contribution < 1.29 is 34.2 Å². The van der Waals surface area contributed by atoms with Crippen LogP contribution in [0.1, 0.15) is 52.4 Å². The van der Waals surface area contributed by atoms with E-state index in [-0.39, 0.29) is 18.8 Å². The van der Waals surface area contributed by atoms with Crippen LogP contribution in [0, 0.1) is 5.92 Å². The fourth-order valence-electron chi connectivity index (χ4n) is 3.03. The van der Waals surface area contributed by atoms with Crippen LogP contribution < -0.4 is 27.4 Å². The van der Waals surface area contributed by atoms with Gasteiger partial charge < -0.3 is 37.6 Å². The molecule has 0 aliphatic rings. The van der Waals surface area contributed by atoms with Gasteiger partial charge in [0, 0.05) is 0 Å². The van der Waals surface area contributed by atoms with Crippen molar-refractivity contribution >= 4 is 41.4 Å². The lowest BCUT2D eigenvalue weighted by Crippen LogP contribution is -2.58. The highest BCUT2D eigenvalue weighted by Gasteiger charge is 2.31. The molecule has 3 amide bonds. The number of carbonyl (C=O) groups excluding carboxylic acids is 3. The van der Waals surface area contributed by atoms with Crippen LogP contribution in [0.25, 0.3) is 0 Å². The van der Waals surface area contributed by atoms with Gasteiger partial charge in [-0.2, -0.15) is 11.8 Å². The predicted molar refractivity (Wildman–Crippen MR) is 129 cm³/mol. The number of carbonyl (C=O) groups is 5. The molecule has 0 spiro atoms. The molecule has 196 valence electrons. The molecule has 0 saturated carbocycles. The standard InChI is InChI=1S/C21H39N5O7S/c1-4-12(2)17(21(32)33)26-20(31)15(8-10-34-3)25-19(30)14(7-5-6-9-22)24-18(29)13(23)11-16(27)28/h12-15,17H,4-11,22-23H2,1-3H3,(H,24,29)(H,25,30)(H,26,31)(H,27,28)(H,32,33). The first-order chi connectivity index (χ1) is 16.0. The van der Waals surface area contributed by atoms with Gasteiger partial charge in [-0.05, 0) is 50.2 Å². The topological polar surface area (TPSA) is 214 Å². The molecule has 0 aliphatic carbocycles. The molecular weight excluding hydrogens is 466 g/mol. The average molecular weight is 506 g/mol.